The number of hydrogen-bond donors (Lipinski definition) is 2. The summed E-state index contributed by atoms with van der Waals surface area (Å²) in [6.07, 6.45) is 0.455. The molecule has 0 saturated carbocycles. The summed E-state index contributed by atoms with van der Waals surface area (Å²) in [5.41, 5.74) is 2.07. The molecule has 1 aromatic heterocycles. The predicted molar refractivity (Wildman–Crippen MR) is 121 cm³/mol. The maximum atomic E-state index is 13.3. The molecule has 0 bridgehead atoms. The van der Waals surface area contributed by atoms with Crippen LogP contribution in [0.1, 0.15) is 36.3 Å². The van der Waals surface area contributed by atoms with Gasteiger partial charge in [-0.05, 0) is 35.4 Å². The number of furan rings is 1. The Hall–Kier alpha value is -4.07. The molecule has 1 aliphatic rings. The van der Waals surface area contributed by atoms with Crippen molar-refractivity contribution in [1.82, 2.24) is 10.2 Å². The van der Waals surface area contributed by atoms with Crippen LogP contribution in [0.25, 0.3) is 0 Å². The quantitative estimate of drug-likeness (QED) is 0.543. The van der Waals surface area contributed by atoms with E-state index in [-0.39, 0.29) is 24.9 Å². The van der Waals surface area contributed by atoms with Crippen molar-refractivity contribution in [2.24, 2.45) is 0 Å². The summed E-state index contributed by atoms with van der Waals surface area (Å²) >= 11 is 0. The standard InChI is InChI=1S/C25H25N3O5/c1-2-21(29)27-19-11-6-10-18(14-19)23-22(24(30)26-15-20-12-7-13-32-20)28(25(31)33-23)16-17-8-4-3-5-9-17/h3-14,22-23H,2,15-16H2,1H3,(H,26,30)(H,27,29). The van der Waals surface area contributed by atoms with Gasteiger partial charge in [0.05, 0.1) is 19.4 Å². The molecule has 2 heterocycles. The van der Waals surface area contributed by atoms with Gasteiger partial charge in [0.15, 0.2) is 12.1 Å². The van der Waals surface area contributed by atoms with Gasteiger partial charge in [-0.15, -0.1) is 0 Å². The minimum atomic E-state index is -0.898. The lowest BCUT2D eigenvalue weighted by atomic mass is 10.00. The van der Waals surface area contributed by atoms with Crippen molar-refractivity contribution in [3.8, 4) is 0 Å². The largest absolute Gasteiger partial charge is 0.467 e. The number of cyclic esters (lactones) is 1. The highest BCUT2D eigenvalue weighted by Gasteiger charge is 2.47. The first-order chi connectivity index (χ1) is 16.0. The zero-order valence-corrected chi connectivity index (χ0v) is 18.2. The van der Waals surface area contributed by atoms with Crippen molar-refractivity contribution in [3.05, 3.63) is 89.9 Å². The first-order valence-corrected chi connectivity index (χ1v) is 10.8. The molecule has 2 aromatic carbocycles. The molecule has 170 valence electrons. The van der Waals surface area contributed by atoms with E-state index in [2.05, 4.69) is 10.6 Å². The molecule has 33 heavy (non-hydrogen) atoms. The van der Waals surface area contributed by atoms with Gasteiger partial charge >= 0.3 is 6.09 Å². The van der Waals surface area contributed by atoms with E-state index in [0.717, 1.165) is 5.56 Å². The third kappa shape index (κ3) is 5.23. The van der Waals surface area contributed by atoms with Crippen LogP contribution >= 0.6 is 0 Å². The van der Waals surface area contributed by atoms with Crippen LogP contribution in [0.15, 0.2) is 77.4 Å². The van der Waals surface area contributed by atoms with E-state index in [1.807, 2.05) is 30.3 Å². The van der Waals surface area contributed by atoms with Gasteiger partial charge in [-0.25, -0.2) is 4.79 Å². The average Bonchev–Trinajstić information content (AvgIpc) is 3.46. The number of carbonyl (C=O) groups is 3. The van der Waals surface area contributed by atoms with Crippen LogP contribution in [0.2, 0.25) is 0 Å². The van der Waals surface area contributed by atoms with Crippen LogP contribution in [-0.2, 0) is 27.4 Å². The molecule has 1 saturated heterocycles. The minimum absolute atomic E-state index is 0.131. The zero-order chi connectivity index (χ0) is 23.2. The van der Waals surface area contributed by atoms with Gasteiger partial charge in [-0.3, -0.25) is 14.5 Å². The second-order valence-electron chi connectivity index (χ2n) is 7.69. The van der Waals surface area contributed by atoms with Gasteiger partial charge in [0.2, 0.25) is 11.8 Å². The van der Waals surface area contributed by atoms with Crippen LogP contribution < -0.4 is 10.6 Å². The number of ether oxygens (including phenoxy) is 1. The van der Waals surface area contributed by atoms with Crippen molar-refractivity contribution >= 4 is 23.6 Å². The van der Waals surface area contributed by atoms with Crippen molar-refractivity contribution in [2.45, 2.75) is 38.6 Å². The molecule has 1 aliphatic heterocycles. The fraction of sp³-hybridized carbons (Fsp3) is 0.240. The molecular weight excluding hydrogens is 422 g/mol. The maximum absolute atomic E-state index is 13.3. The number of nitrogens with one attached hydrogen (secondary N) is 2. The van der Waals surface area contributed by atoms with E-state index >= 15 is 0 Å². The summed E-state index contributed by atoms with van der Waals surface area (Å²) in [5.74, 6) is 0.110. The first kappa shape index (κ1) is 22.1. The van der Waals surface area contributed by atoms with Crippen LogP contribution in [0, 0.1) is 0 Å². The number of hydrogen-bond acceptors (Lipinski definition) is 5. The van der Waals surface area contributed by atoms with Gasteiger partial charge < -0.3 is 19.8 Å². The van der Waals surface area contributed by atoms with E-state index in [9.17, 15) is 14.4 Å². The van der Waals surface area contributed by atoms with Gasteiger partial charge in [0.25, 0.3) is 0 Å². The first-order valence-electron chi connectivity index (χ1n) is 10.8. The SMILES string of the molecule is CCC(=O)Nc1cccc(C2OC(=O)N(Cc3ccccc3)C2C(=O)NCc2ccco2)c1. The summed E-state index contributed by atoms with van der Waals surface area (Å²) in [5, 5.41) is 5.64. The molecule has 2 unspecified atom stereocenters. The summed E-state index contributed by atoms with van der Waals surface area (Å²) in [6.45, 7) is 2.18. The van der Waals surface area contributed by atoms with E-state index in [1.165, 1.54) is 11.2 Å². The highest BCUT2D eigenvalue weighted by molar-refractivity contribution is 5.91. The highest BCUT2D eigenvalue weighted by atomic mass is 16.6. The molecule has 0 aliphatic carbocycles. The normalized spacial score (nSPS) is 17.5. The molecule has 2 N–H and O–H groups in total. The summed E-state index contributed by atoms with van der Waals surface area (Å²) in [7, 11) is 0. The molecule has 8 heteroatoms. The van der Waals surface area contributed by atoms with Crippen molar-refractivity contribution in [3.63, 3.8) is 0 Å². The predicted octanol–water partition coefficient (Wildman–Crippen LogP) is 4.01. The van der Waals surface area contributed by atoms with E-state index < -0.39 is 18.2 Å². The number of benzene rings is 2. The Morgan fingerprint density at radius 1 is 1.03 bits per heavy atom. The smallest absolute Gasteiger partial charge is 0.411 e. The Bertz CT molecular complexity index is 1110. The fourth-order valence-electron chi connectivity index (χ4n) is 3.72. The molecule has 4 rings (SSSR count). The van der Waals surface area contributed by atoms with Crippen molar-refractivity contribution < 1.29 is 23.5 Å². The lowest BCUT2D eigenvalue weighted by molar-refractivity contribution is -0.126. The topological polar surface area (TPSA) is 101 Å². The summed E-state index contributed by atoms with van der Waals surface area (Å²) in [4.78, 5) is 39.4. The molecule has 3 aromatic rings. The van der Waals surface area contributed by atoms with Crippen molar-refractivity contribution in [2.75, 3.05) is 5.32 Å². The molecule has 0 radical (unpaired) electrons. The Kier molecular flexibility index (Phi) is 6.73. The second kappa shape index (κ2) is 10.0. The van der Waals surface area contributed by atoms with Gasteiger partial charge in [0, 0.05) is 12.1 Å². The fourth-order valence-corrected chi connectivity index (χ4v) is 3.72. The minimum Gasteiger partial charge on any atom is -0.467 e. The van der Waals surface area contributed by atoms with E-state index in [1.54, 1.807) is 43.3 Å². The monoisotopic (exact) mass is 447 g/mol. The van der Waals surface area contributed by atoms with Crippen molar-refractivity contribution in [1.29, 1.82) is 0 Å². The summed E-state index contributed by atoms with van der Waals surface area (Å²) < 4.78 is 11.0. The Morgan fingerprint density at radius 2 is 1.85 bits per heavy atom. The van der Waals surface area contributed by atoms with Crippen LogP contribution in [0.4, 0.5) is 10.5 Å². The van der Waals surface area contributed by atoms with Gasteiger partial charge in [-0.1, -0.05) is 49.4 Å². The average molecular weight is 447 g/mol. The number of nitrogens with zero attached hydrogens (tertiary/aromatic N) is 1. The third-order valence-corrected chi connectivity index (χ3v) is 5.39. The molecule has 1 fully saturated rings. The van der Waals surface area contributed by atoms with E-state index in [4.69, 9.17) is 9.15 Å². The number of amides is 3. The van der Waals surface area contributed by atoms with Crippen LogP contribution in [-0.4, -0.2) is 28.8 Å². The highest BCUT2D eigenvalue weighted by Crippen LogP contribution is 2.35. The van der Waals surface area contributed by atoms with Gasteiger partial charge in [-0.2, -0.15) is 0 Å². The second-order valence-corrected chi connectivity index (χ2v) is 7.69. The number of rotatable bonds is 8. The molecule has 3 amide bonds. The van der Waals surface area contributed by atoms with E-state index in [0.29, 0.717) is 23.4 Å². The molecule has 0 spiro atoms. The lowest BCUT2D eigenvalue weighted by Crippen LogP contribution is -2.46. The third-order valence-electron chi connectivity index (χ3n) is 5.39. The number of anilines is 1. The summed E-state index contributed by atoms with van der Waals surface area (Å²) in [6, 6.07) is 19.0. The number of carbonyl (C=O) groups excluding carboxylic acids is 3. The Labute approximate surface area is 191 Å². The molecule has 2 atom stereocenters. The Balaban J connectivity index is 1.61. The maximum Gasteiger partial charge on any atom is 0.411 e. The Morgan fingerprint density at radius 3 is 2.58 bits per heavy atom. The van der Waals surface area contributed by atoms with Crippen LogP contribution in [0.3, 0.4) is 0 Å². The molecular formula is C25H25N3O5. The van der Waals surface area contributed by atoms with Crippen LogP contribution in [0.5, 0.6) is 0 Å². The zero-order valence-electron chi connectivity index (χ0n) is 18.2. The lowest BCUT2D eigenvalue weighted by Gasteiger charge is -2.24. The van der Waals surface area contributed by atoms with Gasteiger partial charge in [0.1, 0.15) is 5.76 Å². The molecule has 8 nitrogen and oxygen atoms in total.